The van der Waals surface area contributed by atoms with E-state index in [4.69, 9.17) is 16.3 Å². The number of hydrogen-bond acceptors (Lipinski definition) is 2. The van der Waals surface area contributed by atoms with E-state index in [1.165, 1.54) is 6.07 Å². The summed E-state index contributed by atoms with van der Waals surface area (Å²) in [5, 5.41) is 1.52. The molecular formula is C14H16ClNO2. The lowest BCUT2D eigenvalue weighted by atomic mass is 10.2. The van der Waals surface area contributed by atoms with Gasteiger partial charge in [0.05, 0.1) is 12.1 Å². The van der Waals surface area contributed by atoms with Gasteiger partial charge in [-0.1, -0.05) is 24.9 Å². The Balaban J connectivity index is 2.54. The van der Waals surface area contributed by atoms with Crippen LogP contribution in [0.4, 0.5) is 0 Å². The van der Waals surface area contributed by atoms with E-state index in [0.717, 1.165) is 23.7 Å². The number of pyridine rings is 1. The largest absolute Gasteiger partial charge is 0.493 e. The molecule has 0 spiro atoms. The summed E-state index contributed by atoms with van der Waals surface area (Å²) in [6.07, 6.45) is 2.03. The van der Waals surface area contributed by atoms with Gasteiger partial charge in [-0.25, -0.2) is 0 Å². The van der Waals surface area contributed by atoms with Gasteiger partial charge in [0.15, 0.2) is 0 Å². The zero-order valence-electron chi connectivity index (χ0n) is 10.6. The van der Waals surface area contributed by atoms with Crippen LogP contribution in [0.5, 0.6) is 5.75 Å². The van der Waals surface area contributed by atoms with Crippen LogP contribution >= 0.6 is 11.6 Å². The maximum absolute atomic E-state index is 11.8. The van der Waals surface area contributed by atoms with E-state index in [-0.39, 0.29) is 5.56 Å². The number of halogens is 1. The molecule has 18 heavy (non-hydrogen) atoms. The molecule has 0 unspecified atom stereocenters. The fraction of sp³-hybridized carbons (Fsp3) is 0.357. The molecule has 2 rings (SSSR count). The topological polar surface area (TPSA) is 31.2 Å². The van der Waals surface area contributed by atoms with Gasteiger partial charge in [0.25, 0.3) is 5.56 Å². The molecule has 0 saturated heterocycles. The quantitative estimate of drug-likeness (QED) is 0.794. The highest BCUT2D eigenvalue weighted by atomic mass is 35.5. The highest BCUT2D eigenvalue weighted by Crippen LogP contribution is 2.26. The van der Waals surface area contributed by atoms with Crippen molar-refractivity contribution in [2.45, 2.75) is 19.8 Å². The summed E-state index contributed by atoms with van der Waals surface area (Å²) in [4.78, 5) is 11.8. The summed E-state index contributed by atoms with van der Waals surface area (Å²) >= 11 is 6.00. The number of rotatable bonds is 4. The summed E-state index contributed by atoms with van der Waals surface area (Å²) in [6, 6.07) is 6.97. The van der Waals surface area contributed by atoms with Crippen LogP contribution in [0.15, 0.2) is 29.1 Å². The second-order valence-electron chi connectivity index (χ2n) is 4.27. The fourth-order valence-electron chi connectivity index (χ4n) is 1.85. The predicted octanol–water partition coefficient (Wildman–Crippen LogP) is 3.37. The minimum absolute atomic E-state index is 0.0729. The van der Waals surface area contributed by atoms with E-state index in [0.29, 0.717) is 17.4 Å². The van der Waals surface area contributed by atoms with E-state index in [1.54, 1.807) is 17.7 Å². The van der Waals surface area contributed by atoms with Crippen LogP contribution in [0.25, 0.3) is 10.9 Å². The molecule has 0 aliphatic rings. The SMILES string of the molecule is CCCCOc1cc(=O)n(C)c2ccc(Cl)cc12. The van der Waals surface area contributed by atoms with Crippen LogP contribution in [0, 0.1) is 0 Å². The van der Waals surface area contributed by atoms with Crippen molar-refractivity contribution in [3.8, 4) is 5.75 Å². The van der Waals surface area contributed by atoms with Crippen LogP contribution in [-0.2, 0) is 7.05 Å². The van der Waals surface area contributed by atoms with Crippen LogP contribution in [-0.4, -0.2) is 11.2 Å². The minimum Gasteiger partial charge on any atom is -0.493 e. The third-order valence-electron chi connectivity index (χ3n) is 2.93. The third kappa shape index (κ3) is 2.51. The van der Waals surface area contributed by atoms with Gasteiger partial charge in [-0.2, -0.15) is 0 Å². The number of hydrogen-bond donors (Lipinski definition) is 0. The Morgan fingerprint density at radius 3 is 2.83 bits per heavy atom. The van der Waals surface area contributed by atoms with Gasteiger partial charge >= 0.3 is 0 Å². The molecule has 0 aliphatic carbocycles. The summed E-state index contributed by atoms with van der Waals surface area (Å²) in [6.45, 7) is 2.72. The van der Waals surface area contributed by atoms with Crippen molar-refractivity contribution < 1.29 is 4.74 Å². The number of unbranched alkanes of at least 4 members (excludes halogenated alkanes) is 1. The maximum Gasteiger partial charge on any atom is 0.254 e. The van der Waals surface area contributed by atoms with Gasteiger partial charge in [-0.05, 0) is 24.6 Å². The first kappa shape index (κ1) is 13.0. The molecule has 3 nitrogen and oxygen atoms in total. The van der Waals surface area contributed by atoms with Gasteiger partial charge in [0.2, 0.25) is 0 Å². The average molecular weight is 266 g/mol. The molecule has 0 aliphatic heterocycles. The fourth-order valence-corrected chi connectivity index (χ4v) is 2.02. The minimum atomic E-state index is -0.0729. The summed E-state index contributed by atoms with van der Waals surface area (Å²) < 4.78 is 7.27. The van der Waals surface area contributed by atoms with Crippen molar-refractivity contribution in [3.63, 3.8) is 0 Å². The smallest absolute Gasteiger partial charge is 0.254 e. The molecule has 1 heterocycles. The van der Waals surface area contributed by atoms with Crippen molar-refractivity contribution in [2.24, 2.45) is 7.05 Å². The molecular weight excluding hydrogens is 250 g/mol. The lowest BCUT2D eigenvalue weighted by molar-refractivity contribution is 0.312. The standard InChI is InChI=1S/C14H16ClNO2/c1-3-4-7-18-13-9-14(17)16(2)12-6-5-10(15)8-11(12)13/h5-6,8-9H,3-4,7H2,1-2H3. The first-order valence-corrected chi connectivity index (χ1v) is 6.43. The van der Waals surface area contributed by atoms with Gasteiger partial charge in [0.1, 0.15) is 5.75 Å². The molecule has 4 heteroatoms. The predicted molar refractivity (Wildman–Crippen MR) is 74.6 cm³/mol. The Bertz CT molecular complexity index is 619. The average Bonchev–Trinajstić information content (AvgIpc) is 2.35. The van der Waals surface area contributed by atoms with Gasteiger partial charge < -0.3 is 9.30 Å². The van der Waals surface area contributed by atoms with Crippen LogP contribution in [0.3, 0.4) is 0 Å². The Morgan fingerprint density at radius 2 is 2.11 bits per heavy atom. The van der Waals surface area contributed by atoms with Crippen molar-refractivity contribution in [1.29, 1.82) is 0 Å². The van der Waals surface area contributed by atoms with Crippen molar-refractivity contribution in [2.75, 3.05) is 6.61 Å². The molecule has 0 fully saturated rings. The molecule has 2 aromatic rings. The molecule has 1 aromatic heterocycles. The number of nitrogens with zero attached hydrogens (tertiary/aromatic N) is 1. The van der Waals surface area contributed by atoms with Gasteiger partial charge in [-0.3, -0.25) is 4.79 Å². The summed E-state index contributed by atoms with van der Waals surface area (Å²) in [5.41, 5.74) is 0.759. The second kappa shape index (κ2) is 5.44. The Hall–Kier alpha value is -1.48. The van der Waals surface area contributed by atoms with E-state index >= 15 is 0 Å². The van der Waals surface area contributed by atoms with E-state index < -0.39 is 0 Å². The highest BCUT2D eigenvalue weighted by Gasteiger charge is 2.08. The molecule has 96 valence electrons. The Labute approximate surface area is 111 Å². The third-order valence-corrected chi connectivity index (χ3v) is 3.16. The van der Waals surface area contributed by atoms with Crippen LogP contribution in [0.2, 0.25) is 5.02 Å². The molecule has 0 saturated carbocycles. The lowest BCUT2D eigenvalue weighted by Crippen LogP contribution is -2.16. The second-order valence-corrected chi connectivity index (χ2v) is 4.71. The van der Waals surface area contributed by atoms with Crippen molar-refractivity contribution >= 4 is 22.5 Å². The zero-order chi connectivity index (χ0) is 13.1. The van der Waals surface area contributed by atoms with Crippen LogP contribution < -0.4 is 10.3 Å². The Morgan fingerprint density at radius 1 is 1.33 bits per heavy atom. The highest BCUT2D eigenvalue weighted by molar-refractivity contribution is 6.31. The number of fused-ring (bicyclic) bond motifs is 1. The number of aromatic nitrogens is 1. The molecule has 1 aromatic carbocycles. The number of benzene rings is 1. The molecule has 0 radical (unpaired) electrons. The molecule has 0 atom stereocenters. The van der Waals surface area contributed by atoms with E-state index in [1.807, 2.05) is 12.1 Å². The molecule has 0 bridgehead atoms. The maximum atomic E-state index is 11.8. The van der Waals surface area contributed by atoms with E-state index in [9.17, 15) is 4.79 Å². The van der Waals surface area contributed by atoms with Gasteiger partial charge in [0, 0.05) is 23.5 Å². The lowest BCUT2D eigenvalue weighted by Gasteiger charge is -2.11. The Kier molecular flexibility index (Phi) is 3.92. The number of ether oxygens (including phenoxy) is 1. The van der Waals surface area contributed by atoms with Crippen molar-refractivity contribution in [1.82, 2.24) is 4.57 Å². The first-order valence-electron chi connectivity index (χ1n) is 6.05. The molecule has 0 N–H and O–H groups in total. The monoisotopic (exact) mass is 265 g/mol. The summed E-state index contributed by atoms with van der Waals surface area (Å²) in [5.74, 6) is 0.615. The first-order chi connectivity index (χ1) is 8.63. The number of aryl methyl sites for hydroxylation is 1. The zero-order valence-corrected chi connectivity index (χ0v) is 11.3. The van der Waals surface area contributed by atoms with Crippen molar-refractivity contribution in [3.05, 3.63) is 39.6 Å². The van der Waals surface area contributed by atoms with Gasteiger partial charge in [-0.15, -0.1) is 0 Å². The summed E-state index contributed by atoms with van der Waals surface area (Å²) in [7, 11) is 1.74. The normalized spacial score (nSPS) is 10.8. The van der Waals surface area contributed by atoms with Crippen LogP contribution in [0.1, 0.15) is 19.8 Å². The molecule has 0 amide bonds. The van der Waals surface area contributed by atoms with E-state index in [2.05, 4.69) is 6.92 Å².